The van der Waals surface area contributed by atoms with Crippen molar-refractivity contribution in [3.05, 3.63) is 48.3 Å². The molecular weight excluding hydrogens is 340 g/mol. The van der Waals surface area contributed by atoms with Gasteiger partial charge < -0.3 is 0 Å². The summed E-state index contributed by atoms with van der Waals surface area (Å²) < 4.78 is 0. The Kier molecular flexibility index (Phi) is 4.92. The molecule has 144 valence electrons. The fourth-order valence-electron chi connectivity index (χ4n) is 2.86. The first-order valence-corrected chi connectivity index (χ1v) is 9.12. The average Bonchev–Trinajstić information content (AvgIpc) is 2.61. The van der Waals surface area contributed by atoms with E-state index in [1.54, 1.807) is 16.2 Å². The summed E-state index contributed by atoms with van der Waals surface area (Å²) in [6.07, 6.45) is 1.41. The smallest absolute Gasteiger partial charge is 0.255 e. The number of hydrogen-bond acceptors (Lipinski definition) is 5. The van der Waals surface area contributed by atoms with E-state index in [2.05, 4.69) is 15.8 Å². The van der Waals surface area contributed by atoms with Gasteiger partial charge in [0.05, 0.1) is 28.2 Å². The second-order valence-corrected chi connectivity index (χ2v) is 8.65. The van der Waals surface area contributed by atoms with Gasteiger partial charge in [-0.05, 0) is 65.8 Å². The second-order valence-electron chi connectivity index (χ2n) is 8.65. The van der Waals surface area contributed by atoms with Crippen LogP contribution in [-0.4, -0.2) is 37.1 Å². The lowest BCUT2D eigenvalue weighted by Crippen LogP contribution is -2.72. The quantitative estimate of drug-likeness (QED) is 0.849. The third kappa shape index (κ3) is 4.09. The van der Waals surface area contributed by atoms with Gasteiger partial charge in [0, 0.05) is 6.20 Å². The van der Waals surface area contributed by atoms with Crippen molar-refractivity contribution in [3.63, 3.8) is 0 Å². The molecule has 3 rings (SSSR count). The third-order valence-electron chi connectivity index (χ3n) is 4.23. The summed E-state index contributed by atoms with van der Waals surface area (Å²) in [6.45, 7) is 12.0. The summed E-state index contributed by atoms with van der Waals surface area (Å²) in [5.74, 6) is 0. The maximum Gasteiger partial charge on any atom is 0.349 e. The van der Waals surface area contributed by atoms with E-state index in [0.717, 1.165) is 17.1 Å². The highest BCUT2D eigenvalue weighted by atomic mass is 16.2. The molecular formula is C20H28N6O. The Balaban J connectivity index is 1.97. The van der Waals surface area contributed by atoms with Crippen LogP contribution >= 0.6 is 0 Å². The van der Waals surface area contributed by atoms with Gasteiger partial charge in [-0.2, -0.15) is 0 Å². The van der Waals surface area contributed by atoms with E-state index < -0.39 is 0 Å². The lowest BCUT2D eigenvalue weighted by atomic mass is 10.1. The van der Waals surface area contributed by atoms with E-state index in [4.69, 9.17) is 4.98 Å². The normalized spacial score (nSPS) is 16.7. The fourth-order valence-corrected chi connectivity index (χ4v) is 2.86. The van der Waals surface area contributed by atoms with E-state index in [-0.39, 0.29) is 23.3 Å². The SMILES string of the molecule is CC(C)(C)N1NC(c2cccc(-c3ccccn3)n2)NN(C(C)(C)C)C1=O. The molecule has 7 heteroatoms. The predicted molar refractivity (Wildman–Crippen MR) is 105 cm³/mol. The number of carbonyl (C=O) groups is 1. The molecule has 0 unspecified atom stereocenters. The number of aromatic nitrogens is 2. The van der Waals surface area contributed by atoms with Crippen LogP contribution in [0.1, 0.15) is 53.4 Å². The van der Waals surface area contributed by atoms with Crippen LogP contribution in [0.4, 0.5) is 4.79 Å². The highest BCUT2D eigenvalue weighted by Gasteiger charge is 2.42. The Labute approximate surface area is 160 Å². The molecule has 2 aromatic rings. The maximum atomic E-state index is 13.0. The summed E-state index contributed by atoms with van der Waals surface area (Å²) in [5, 5.41) is 3.32. The van der Waals surface area contributed by atoms with E-state index in [1.807, 2.05) is 77.9 Å². The van der Waals surface area contributed by atoms with E-state index in [0.29, 0.717) is 0 Å². The van der Waals surface area contributed by atoms with Crippen LogP contribution in [0.2, 0.25) is 0 Å². The Morgan fingerprint density at radius 2 is 1.44 bits per heavy atom. The molecule has 2 N–H and O–H groups in total. The van der Waals surface area contributed by atoms with Gasteiger partial charge in [0.25, 0.3) is 0 Å². The Bertz CT molecular complexity index is 783. The highest BCUT2D eigenvalue weighted by Crippen LogP contribution is 2.26. The summed E-state index contributed by atoms with van der Waals surface area (Å²) in [4.78, 5) is 22.1. The van der Waals surface area contributed by atoms with Crippen molar-refractivity contribution in [3.8, 4) is 11.4 Å². The lowest BCUT2D eigenvalue weighted by molar-refractivity contribution is -0.0423. The number of rotatable bonds is 2. The molecule has 27 heavy (non-hydrogen) atoms. The molecule has 0 atom stereocenters. The molecule has 0 aliphatic carbocycles. The topological polar surface area (TPSA) is 73.4 Å². The fraction of sp³-hybridized carbons (Fsp3) is 0.450. The van der Waals surface area contributed by atoms with Crippen molar-refractivity contribution < 1.29 is 4.79 Å². The van der Waals surface area contributed by atoms with E-state index >= 15 is 0 Å². The first kappa shape index (κ1) is 19.3. The minimum atomic E-state index is -0.389. The Morgan fingerprint density at radius 3 is 1.96 bits per heavy atom. The average molecular weight is 368 g/mol. The molecule has 0 spiro atoms. The van der Waals surface area contributed by atoms with Crippen molar-refractivity contribution in [2.24, 2.45) is 0 Å². The number of nitrogens with zero attached hydrogens (tertiary/aromatic N) is 4. The van der Waals surface area contributed by atoms with Gasteiger partial charge in [-0.3, -0.25) is 15.0 Å². The van der Waals surface area contributed by atoms with Crippen molar-refractivity contribution in [2.75, 3.05) is 0 Å². The van der Waals surface area contributed by atoms with Crippen molar-refractivity contribution >= 4 is 6.03 Å². The monoisotopic (exact) mass is 368 g/mol. The summed E-state index contributed by atoms with van der Waals surface area (Å²) in [7, 11) is 0. The standard InChI is InChI=1S/C20H28N6O/c1-19(2,3)25-18(27)26(20(4,5)6)24-17(23-25)16-12-9-11-15(22-16)14-10-7-8-13-21-14/h7-13,17,23-24H,1-6H3. The molecule has 0 saturated carbocycles. The molecule has 1 saturated heterocycles. The number of amides is 2. The van der Waals surface area contributed by atoms with Crippen LogP contribution in [0.15, 0.2) is 42.6 Å². The summed E-state index contributed by atoms with van der Waals surface area (Å²) in [6, 6.07) is 11.5. The van der Waals surface area contributed by atoms with Gasteiger partial charge in [-0.15, -0.1) is 0 Å². The van der Waals surface area contributed by atoms with Gasteiger partial charge in [0.2, 0.25) is 0 Å². The minimum Gasteiger partial charge on any atom is -0.255 e. The van der Waals surface area contributed by atoms with Crippen LogP contribution in [0, 0.1) is 0 Å². The van der Waals surface area contributed by atoms with E-state index in [1.165, 1.54) is 0 Å². The molecule has 0 bridgehead atoms. The van der Waals surface area contributed by atoms with Gasteiger partial charge in [0.15, 0.2) is 0 Å². The number of hydrazine groups is 2. The van der Waals surface area contributed by atoms with Crippen LogP contribution in [0.3, 0.4) is 0 Å². The molecule has 1 fully saturated rings. The molecule has 3 heterocycles. The van der Waals surface area contributed by atoms with Gasteiger partial charge in [0.1, 0.15) is 6.17 Å². The zero-order valence-corrected chi connectivity index (χ0v) is 16.8. The molecule has 1 aliphatic rings. The summed E-state index contributed by atoms with van der Waals surface area (Å²) in [5.41, 5.74) is 8.19. The number of hydrogen-bond donors (Lipinski definition) is 2. The number of pyridine rings is 2. The Morgan fingerprint density at radius 1 is 0.852 bits per heavy atom. The third-order valence-corrected chi connectivity index (χ3v) is 4.23. The van der Waals surface area contributed by atoms with E-state index in [9.17, 15) is 4.79 Å². The van der Waals surface area contributed by atoms with Crippen LogP contribution in [-0.2, 0) is 0 Å². The first-order chi connectivity index (χ1) is 12.6. The minimum absolute atomic E-state index is 0.118. The molecule has 1 aliphatic heterocycles. The predicted octanol–water partition coefficient (Wildman–Crippen LogP) is 3.49. The molecule has 0 radical (unpaired) electrons. The van der Waals surface area contributed by atoms with Gasteiger partial charge >= 0.3 is 6.03 Å². The van der Waals surface area contributed by atoms with Crippen molar-refractivity contribution in [1.29, 1.82) is 0 Å². The lowest BCUT2D eigenvalue weighted by Gasteiger charge is -2.50. The van der Waals surface area contributed by atoms with Crippen LogP contribution < -0.4 is 10.9 Å². The van der Waals surface area contributed by atoms with Crippen molar-refractivity contribution in [1.82, 2.24) is 30.8 Å². The zero-order valence-electron chi connectivity index (χ0n) is 16.8. The zero-order chi connectivity index (χ0) is 19.8. The summed E-state index contributed by atoms with van der Waals surface area (Å²) >= 11 is 0. The Hall–Kier alpha value is -2.51. The van der Waals surface area contributed by atoms with Gasteiger partial charge in [-0.25, -0.2) is 20.6 Å². The number of urea groups is 1. The van der Waals surface area contributed by atoms with Gasteiger partial charge in [-0.1, -0.05) is 12.1 Å². The molecule has 7 nitrogen and oxygen atoms in total. The molecule has 0 aromatic carbocycles. The first-order valence-electron chi connectivity index (χ1n) is 9.12. The van der Waals surface area contributed by atoms with Crippen LogP contribution in [0.25, 0.3) is 11.4 Å². The van der Waals surface area contributed by atoms with Crippen molar-refractivity contribution in [2.45, 2.75) is 58.8 Å². The largest absolute Gasteiger partial charge is 0.349 e. The number of nitrogens with one attached hydrogen (secondary N) is 2. The van der Waals surface area contributed by atoms with Crippen LogP contribution in [0.5, 0.6) is 0 Å². The molecule has 2 aromatic heterocycles. The molecule has 2 amide bonds. The number of carbonyl (C=O) groups excluding carboxylic acids is 1. The second kappa shape index (κ2) is 6.90. The highest BCUT2D eigenvalue weighted by molar-refractivity contribution is 5.75. The maximum absolute atomic E-state index is 13.0.